The average Bonchev–Trinajstić information content (AvgIpc) is 2.41. The van der Waals surface area contributed by atoms with Crippen LogP contribution in [0.2, 0.25) is 5.02 Å². The minimum absolute atomic E-state index is 0.136. The highest BCUT2D eigenvalue weighted by Gasteiger charge is 2.51. The van der Waals surface area contributed by atoms with Crippen LogP contribution in [0.5, 0.6) is 0 Å². The molecule has 1 aromatic heterocycles. The first-order valence-electron chi connectivity index (χ1n) is 5.47. The summed E-state index contributed by atoms with van der Waals surface area (Å²) in [6, 6.07) is 1.57. The molecule has 17 heavy (non-hydrogen) atoms. The minimum Gasteiger partial charge on any atom is -0.399 e. The van der Waals surface area contributed by atoms with Crippen molar-refractivity contribution in [2.24, 2.45) is 0 Å². The quantitative estimate of drug-likeness (QED) is 0.770. The Kier molecular flexibility index (Phi) is 2.88. The second kappa shape index (κ2) is 3.87. The number of hydrogen-bond donors (Lipinski definition) is 1. The number of nitrogens with one attached hydrogen (secondary N) is 1. The van der Waals surface area contributed by atoms with E-state index in [0.717, 1.165) is 0 Å². The summed E-state index contributed by atoms with van der Waals surface area (Å²) in [5, 5.41) is 0.136. The van der Waals surface area contributed by atoms with Crippen molar-refractivity contribution in [3.63, 3.8) is 0 Å². The zero-order valence-electron chi connectivity index (χ0n) is 10.3. The molecule has 1 aliphatic heterocycles. The highest BCUT2D eigenvalue weighted by Crippen LogP contribution is 2.36. The van der Waals surface area contributed by atoms with Crippen molar-refractivity contribution in [2.75, 3.05) is 0 Å². The lowest BCUT2D eigenvalue weighted by Gasteiger charge is -2.32. The van der Waals surface area contributed by atoms with Gasteiger partial charge < -0.3 is 14.3 Å². The Bertz CT molecular complexity index is 482. The van der Waals surface area contributed by atoms with Crippen LogP contribution in [0.25, 0.3) is 0 Å². The lowest BCUT2D eigenvalue weighted by atomic mass is 9.80. The van der Waals surface area contributed by atoms with E-state index >= 15 is 0 Å². The maximum atomic E-state index is 11.2. The minimum atomic E-state index is -0.505. The monoisotopic (exact) mass is 255 g/mol. The van der Waals surface area contributed by atoms with Crippen LogP contribution in [-0.2, 0) is 9.31 Å². The number of rotatable bonds is 1. The number of halogens is 1. The van der Waals surface area contributed by atoms with Crippen molar-refractivity contribution in [3.8, 4) is 0 Å². The number of aromatic amines is 1. The molecule has 92 valence electrons. The highest BCUT2D eigenvalue weighted by atomic mass is 35.5. The predicted molar refractivity (Wildman–Crippen MR) is 67.8 cm³/mol. The van der Waals surface area contributed by atoms with Gasteiger partial charge in [-0.1, -0.05) is 11.6 Å². The van der Waals surface area contributed by atoms with Gasteiger partial charge in [0.2, 0.25) is 0 Å². The maximum Gasteiger partial charge on any atom is 0.496 e. The molecular formula is C11H15BClNO3. The topological polar surface area (TPSA) is 51.3 Å². The standard InChI is InChI=1S/C11H15BClNO3/c1-10(2)11(3,4)17-12(16-10)7-5-8(13)9(15)14-6-7/h5-6H,1-4H3,(H,14,15). The zero-order valence-corrected chi connectivity index (χ0v) is 11.1. The van der Waals surface area contributed by atoms with Crippen molar-refractivity contribution in [1.82, 2.24) is 4.98 Å². The van der Waals surface area contributed by atoms with Gasteiger partial charge in [0, 0.05) is 11.7 Å². The molecule has 1 fully saturated rings. The molecule has 0 amide bonds. The molecule has 0 bridgehead atoms. The summed E-state index contributed by atoms with van der Waals surface area (Å²) in [5.41, 5.74) is -0.402. The van der Waals surface area contributed by atoms with Crippen LogP contribution >= 0.6 is 11.6 Å². The fourth-order valence-corrected chi connectivity index (χ4v) is 1.77. The molecule has 6 heteroatoms. The van der Waals surface area contributed by atoms with Crippen LogP contribution in [0, 0.1) is 0 Å². The molecule has 4 nitrogen and oxygen atoms in total. The van der Waals surface area contributed by atoms with Crippen molar-refractivity contribution in [1.29, 1.82) is 0 Å². The van der Waals surface area contributed by atoms with E-state index in [9.17, 15) is 4.79 Å². The van der Waals surface area contributed by atoms with E-state index in [2.05, 4.69) is 4.98 Å². The van der Waals surface area contributed by atoms with Gasteiger partial charge in [0.15, 0.2) is 0 Å². The van der Waals surface area contributed by atoms with E-state index in [1.54, 1.807) is 12.3 Å². The Morgan fingerprint density at radius 1 is 1.24 bits per heavy atom. The molecule has 1 N–H and O–H groups in total. The average molecular weight is 256 g/mol. The predicted octanol–water partition coefficient (Wildman–Crippen LogP) is 1.33. The van der Waals surface area contributed by atoms with E-state index in [4.69, 9.17) is 20.9 Å². The van der Waals surface area contributed by atoms with E-state index in [0.29, 0.717) is 5.46 Å². The second-order valence-electron chi connectivity index (χ2n) is 5.20. The van der Waals surface area contributed by atoms with Gasteiger partial charge in [0.05, 0.1) is 11.2 Å². The number of pyridine rings is 1. The lowest BCUT2D eigenvalue weighted by Crippen LogP contribution is -2.41. The molecule has 2 heterocycles. The van der Waals surface area contributed by atoms with Gasteiger partial charge >= 0.3 is 7.12 Å². The SMILES string of the molecule is CC1(C)OB(c2c[nH]c(=O)c(Cl)c2)OC1(C)C. The van der Waals surface area contributed by atoms with Gasteiger partial charge in [-0.3, -0.25) is 4.79 Å². The van der Waals surface area contributed by atoms with Gasteiger partial charge in [-0.05, 0) is 33.8 Å². The number of hydrogen-bond acceptors (Lipinski definition) is 3. The number of H-pyrrole nitrogens is 1. The summed E-state index contributed by atoms with van der Waals surface area (Å²) in [7, 11) is -0.505. The molecule has 0 spiro atoms. The van der Waals surface area contributed by atoms with Crippen LogP contribution in [0.4, 0.5) is 0 Å². The van der Waals surface area contributed by atoms with Gasteiger partial charge in [-0.2, -0.15) is 0 Å². The Labute approximate surface area is 105 Å². The molecular weight excluding hydrogens is 240 g/mol. The van der Waals surface area contributed by atoms with E-state index in [1.807, 2.05) is 27.7 Å². The Morgan fingerprint density at radius 2 is 1.76 bits per heavy atom. The van der Waals surface area contributed by atoms with Gasteiger partial charge in [-0.15, -0.1) is 0 Å². The van der Waals surface area contributed by atoms with Crippen LogP contribution < -0.4 is 11.0 Å². The molecule has 0 unspecified atom stereocenters. The summed E-state index contributed by atoms with van der Waals surface area (Å²) in [5.74, 6) is 0. The Balaban J connectivity index is 2.32. The first-order valence-corrected chi connectivity index (χ1v) is 5.84. The normalized spacial score (nSPS) is 21.8. The molecule has 0 aliphatic carbocycles. The molecule has 0 aromatic carbocycles. The highest BCUT2D eigenvalue weighted by molar-refractivity contribution is 6.62. The molecule has 1 saturated heterocycles. The molecule has 0 atom stereocenters. The van der Waals surface area contributed by atoms with Crippen molar-refractivity contribution in [2.45, 2.75) is 38.9 Å². The molecule has 1 aromatic rings. The molecule has 1 aliphatic rings. The summed E-state index contributed by atoms with van der Waals surface area (Å²) < 4.78 is 11.7. The molecule has 0 radical (unpaired) electrons. The first kappa shape index (κ1) is 12.7. The maximum absolute atomic E-state index is 11.2. The fraction of sp³-hybridized carbons (Fsp3) is 0.545. The van der Waals surface area contributed by atoms with Gasteiger partial charge in [0.1, 0.15) is 5.02 Å². The van der Waals surface area contributed by atoms with Crippen LogP contribution in [0.15, 0.2) is 17.1 Å². The van der Waals surface area contributed by atoms with E-state index in [1.165, 1.54) is 0 Å². The fourth-order valence-electron chi connectivity index (χ4n) is 1.59. The largest absolute Gasteiger partial charge is 0.496 e. The first-order chi connectivity index (χ1) is 7.73. The molecule has 0 saturated carbocycles. The van der Waals surface area contributed by atoms with Crippen LogP contribution in [0.3, 0.4) is 0 Å². The van der Waals surface area contributed by atoms with Gasteiger partial charge in [0.25, 0.3) is 5.56 Å². The Hall–Kier alpha value is -0.775. The second-order valence-corrected chi connectivity index (χ2v) is 5.61. The summed E-state index contributed by atoms with van der Waals surface area (Å²) >= 11 is 5.78. The summed E-state index contributed by atoms with van der Waals surface area (Å²) in [4.78, 5) is 13.7. The van der Waals surface area contributed by atoms with Gasteiger partial charge in [-0.25, -0.2) is 0 Å². The number of aromatic nitrogens is 1. The molecule has 2 rings (SSSR count). The lowest BCUT2D eigenvalue weighted by molar-refractivity contribution is 0.00578. The summed E-state index contributed by atoms with van der Waals surface area (Å²) in [6.45, 7) is 7.89. The third kappa shape index (κ3) is 2.15. The van der Waals surface area contributed by atoms with Crippen molar-refractivity contribution in [3.05, 3.63) is 27.6 Å². The van der Waals surface area contributed by atoms with E-state index < -0.39 is 18.3 Å². The smallest absolute Gasteiger partial charge is 0.399 e. The third-order valence-electron chi connectivity index (χ3n) is 3.41. The van der Waals surface area contributed by atoms with Crippen molar-refractivity contribution < 1.29 is 9.31 Å². The van der Waals surface area contributed by atoms with Crippen LogP contribution in [0.1, 0.15) is 27.7 Å². The summed E-state index contributed by atoms with van der Waals surface area (Å²) in [6.07, 6.45) is 1.57. The van der Waals surface area contributed by atoms with Crippen LogP contribution in [-0.4, -0.2) is 23.3 Å². The van der Waals surface area contributed by atoms with E-state index in [-0.39, 0.29) is 10.6 Å². The van der Waals surface area contributed by atoms with Crippen molar-refractivity contribution >= 4 is 24.2 Å². The zero-order chi connectivity index (χ0) is 12.8. The Morgan fingerprint density at radius 3 is 2.24 bits per heavy atom. The third-order valence-corrected chi connectivity index (χ3v) is 3.69.